The molecule has 4 heteroatoms. The minimum Gasteiger partial charge on any atom is -0.459 e. The first kappa shape index (κ1) is 13.3. The van der Waals surface area contributed by atoms with E-state index in [0.29, 0.717) is 15.8 Å². The first-order chi connectivity index (χ1) is 9.58. The molecule has 0 radical (unpaired) electrons. The van der Waals surface area contributed by atoms with Crippen LogP contribution in [0, 0.1) is 12.7 Å². The normalized spacial score (nSPS) is 12.8. The van der Waals surface area contributed by atoms with Crippen molar-refractivity contribution in [3.63, 3.8) is 0 Å². The largest absolute Gasteiger partial charge is 0.459 e. The molecule has 3 aromatic rings. The number of aryl methyl sites for hydroxylation is 1. The molecule has 0 fully saturated rings. The van der Waals surface area contributed by atoms with Gasteiger partial charge in [0.15, 0.2) is 0 Å². The molecule has 0 spiro atoms. The highest BCUT2D eigenvalue weighted by molar-refractivity contribution is 9.10. The molecule has 0 bridgehead atoms. The molecule has 1 aromatic heterocycles. The van der Waals surface area contributed by atoms with E-state index >= 15 is 0 Å². The summed E-state index contributed by atoms with van der Waals surface area (Å²) in [7, 11) is 0. The molecule has 0 aliphatic carbocycles. The number of nitrogens with two attached hydrogens (primary N) is 1. The highest BCUT2D eigenvalue weighted by atomic mass is 79.9. The zero-order valence-electron chi connectivity index (χ0n) is 10.9. The van der Waals surface area contributed by atoms with Gasteiger partial charge in [0.05, 0.1) is 6.04 Å². The zero-order chi connectivity index (χ0) is 14.3. The summed E-state index contributed by atoms with van der Waals surface area (Å²) in [5, 5.41) is 0.975. The molecule has 0 saturated heterocycles. The molecule has 0 aliphatic heterocycles. The molecule has 1 heterocycles. The monoisotopic (exact) mass is 333 g/mol. The molecule has 2 nitrogen and oxygen atoms in total. The Kier molecular flexibility index (Phi) is 3.36. The third-order valence-corrected chi connectivity index (χ3v) is 4.07. The van der Waals surface area contributed by atoms with E-state index in [1.807, 2.05) is 31.2 Å². The molecule has 2 aromatic carbocycles. The Morgan fingerprint density at radius 1 is 1.20 bits per heavy atom. The Morgan fingerprint density at radius 3 is 2.65 bits per heavy atom. The summed E-state index contributed by atoms with van der Waals surface area (Å²) in [6, 6.07) is 11.9. The maximum Gasteiger partial charge on any atom is 0.137 e. The van der Waals surface area contributed by atoms with Crippen LogP contribution in [-0.2, 0) is 0 Å². The van der Waals surface area contributed by atoms with Gasteiger partial charge in [-0.2, -0.15) is 0 Å². The summed E-state index contributed by atoms with van der Waals surface area (Å²) in [5.41, 5.74) is 8.41. The predicted octanol–water partition coefficient (Wildman–Crippen LogP) is 4.69. The number of halogens is 2. The second-order valence-corrected chi connectivity index (χ2v) is 5.61. The van der Waals surface area contributed by atoms with Crippen molar-refractivity contribution < 1.29 is 8.81 Å². The molecule has 3 rings (SSSR count). The van der Waals surface area contributed by atoms with Crippen LogP contribution in [0.1, 0.15) is 22.9 Å². The lowest BCUT2D eigenvalue weighted by Gasteiger charge is -2.12. The lowest BCUT2D eigenvalue weighted by Crippen LogP contribution is -2.13. The van der Waals surface area contributed by atoms with Crippen LogP contribution in [0.25, 0.3) is 11.0 Å². The molecule has 20 heavy (non-hydrogen) atoms. The Labute approximate surface area is 124 Å². The smallest absolute Gasteiger partial charge is 0.137 e. The SMILES string of the molecule is Cc1cccc2cc(C(N)c3c(F)cccc3Br)oc12. The first-order valence-electron chi connectivity index (χ1n) is 6.26. The molecule has 0 amide bonds. The van der Waals surface area contributed by atoms with Crippen LogP contribution in [0.4, 0.5) is 4.39 Å². The molecular weight excluding hydrogens is 321 g/mol. The maximum atomic E-state index is 14.0. The zero-order valence-corrected chi connectivity index (χ0v) is 12.4. The van der Waals surface area contributed by atoms with Crippen molar-refractivity contribution in [2.24, 2.45) is 5.73 Å². The van der Waals surface area contributed by atoms with E-state index in [0.717, 1.165) is 16.5 Å². The number of hydrogen-bond donors (Lipinski definition) is 1. The van der Waals surface area contributed by atoms with Crippen molar-refractivity contribution in [1.29, 1.82) is 0 Å². The highest BCUT2D eigenvalue weighted by Crippen LogP contribution is 2.33. The average molecular weight is 334 g/mol. The lowest BCUT2D eigenvalue weighted by molar-refractivity contribution is 0.508. The standard InChI is InChI=1S/C16H13BrFNO/c1-9-4-2-5-10-8-13(20-16(9)10)15(19)14-11(17)6-3-7-12(14)18/h2-8,15H,19H2,1H3. The Bertz CT molecular complexity index is 761. The van der Waals surface area contributed by atoms with Gasteiger partial charge in [0.1, 0.15) is 17.2 Å². The van der Waals surface area contributed by atoms with Gasteiger partial charge in [-0.25, -0.2) is 4.39 Å². The maximum absolute atomic E-state index is 14.0. The van der Waals surface area contributed by atoms with Gasteiger partial charge in [-0.05, 0) is 30.7 Å². The fraction of sp³-hybridized carbons (Fsp3) is 0.125. The number of para-hydroxylation sites is 1. The predicted molar refractivity (Wildman–Crippen MR) is 81.1 cm³/mol. The van der Waals surface area contributed by atoms with Gasteiger partial charge >= 0.3 is 0 Å². The van der Waals surface area contributed by atoms with E-state index in [4.69, 9.17) is 10.2 Å². The topological polar surface area (TPSA) is 39.2 Å². The summed E-state index contributed by atoms with van der Waals surface area (Å²) < 4.78 is 20.4. The third kappa shape index (κ3) is 2.15. The third-order valence-electron chi connectivity index (χ3n) is 3.38. The van der Waals surface area contributed by atoms with Crippen molar-refractivity contribution >= 4 is 26.9 Å². The molecular formula is C16H13BrFNO. The quantitative estimate of drug-likeness (QED) is 0.738. The van der Waals surface area contributed by atoms with Crippen molar-refractivity contribution in [3.05, 3.63) is 69.6 Å². The van der Waals surface area contributed by atoms with E-state index in [1.54, 1.807) is 12.1 Å². The highest BCUT2D eigenvalue weighted by Gasteiger charge is 2.20. The molecule has 102 valence electrons. The minimum absolute atomic E-state index is 0.343. The second-order valence-electron chi connectivity index (χ2n) is 4.76. The van der Waals surface area contributed by atoms with E-state index in [1.165, 1.54) is 6.07 Å². The van der Waals surface area contributed by atoms with E-state index < -0.39 is 6.04 Å². The average Bonchev–Trinajstić information content (AvgIpc) is 2.84. The molecule has 2 N–H and O–H groups in total. The number of fused-ring (bicyclic) bond motifs is 1. The van der Waals surface area contributed by atoms with Gasteiger partial charge in [0.2, 0.25) is 0 Å². The van der Waals surface area contributed by atoms with E-state index in [9.17, 15) is 4.39 Å². The van der Waals surface area contributed by atoms with Crippen molar-refractivity contribution in [2.45, 2.75) is 13.0 Å². The minimum atomic E-state index is -0.641. The number of rotatable bonds is 2. The fourth-order valence-electron chi connectivity index (χ4n) is 2.33. The van der Waals surface area contributed by atoms with E-state index in [2.05, 4.69) is 15.9 Å². The van der Waals surface area contributed by atoms with Crippen molar-refractivity contribution in [3.8, 4) is 0 Å². The molecule has 0 aliphatic rings. The van der Waals surface area contributed by atoms with Crippen LogP contribution in [0.3, 0.4) is 0 Å². The van der Waals surface area contributed by atoms with E-state index in [-0.39, 0.29) is 5.82 Å². The molecule has 0 saturated carbocycles. The van der Waals surface area contributed by atoms with Gasteiger partial charge in [0, 0.05) is 15.4 Å². The summed E-state index contributed by atoms with van der Waals surface area (Å²) >= 11 is 3.34. The number of hydrogen-bond acceptors (Lipinski definition) is 2. The van der Waals surface area contributed by atoms with Crippen LogP contribution in [0.15, 0.2) is 51.4 Å². The summed E-state index contributed by atoms with van der Waals surface area (Å²) in [6.07, 6.45) is 0. The van der Waals surface area contributed by atoms with Crippen LogP contribution in [-0.4, -0.2) is 0 Å². The van der Waals surface area contributed by atoms with Crippen LogP contribution < -0.4 is 5.73 Å². The Hall–Kier alpha value is -1.65. The Morgan fingerprint density at radius 2 is 1.95 bits per heavy atom. The molecule has 1 atom stereocenters. The van der Waals surface area contributed by atoms with Crippen LogP contribution in [0.5, 0.6) is 0 Å². The Balaban J connectivity index is 2.13. The van der Waals surface area contributed by atoms with Gasteiger partial charge in [-0.3, -0.25) is 0 Å². The summed E-state index contributed by atoms with van der Waals surface area (Å²) in [5.74, 6) is 0.212. The first-order valence-corrected chi connectivity index (χ1v) is 7.06. The lowest BCUT2D eigenvalue weighted by atomic mass is 10.0. The van der Waals surface area contributed by atoms with Gasteiger partial charge in [-0.15, -0.1) is 0 Å². The summed E-state index contributed by atoms with van der Waals surface area (Å²) in [4.78, 5) is 0. The number of furan rings is 1. The second kappa shape index (κ2) is 5.04. The van der Waals surface area contributed by atoms with Crippen LogP contribution in [0.2, 0.25) is 0 Å². The fourth-order valence-corrected chi connectivity index (χ4v) is 2.92. The molecule has 1 unspecified atom stereocenters. The van der Waals surface area contributed by atoms with Gasteiger partial charge < -0.3 is 10.2 Å². The number of benzene rings is 2. The van der Waals surface area contributed by atoms with Crippen molar-refractivity contribution in [2.75, 3.05) is 0 Å². The summed E-state index contributed by atoms with van der Waals surface area (Å²) in [6.45, 7) is 1.97. The van der Waals surface area contributed by atoms with Crippen LogP contribution >= 0.6 is 15.9 Å². The van der Waals surface area contributed by atoms with Gasteiger partial charge in [0.25, 0.3) is 0 Å². The van der Waals surface area contributed by atoms with Crippen molar-refractivity contribution in [1.82, 2.24) is 0 Å². The van der Waals surface area contributed by atoms with Gasteiger partial charge in [-0.1, -0.05) is 40.2 Å².